The summed E-state index contributed by atoms with van der Waals surface area (Å²) in [6.45, 7) is 14.2. The molecular formula is C27H37N5O2. The first-order valence-electron chi connectivity index (χ1n) is 12.0. The van der Waals surface area contributed by atoms with Crippen molar-refractivity contribution in [1.29, 1.82) is 0 Å². The van der Waals surface area contributed by atoms with Crippen molar-refractivity contribution in [3.8, 4) is 0 Å². The van der Waals surface area contributed by atoms with Crippen molar-refractivity contribution >= 4 is 29.1 Å². The molecule has 1 heterocycles. The van der Waals surface area contributed by atoms with Crippen molar-refractivity contribution in [3.05, 3.63) is 59.2 Å². The first kappa shape index (κ1) is 25.3. The molecule has 0 spiro atoms. The topological polar surface area (TPSA) is 94.6 Å². The van der Waals surface area contributed by atoms with Crippen LogP contribution in [0.3, 0.4) is 0 Å². The molecule has 7 nitrogen and oxygen atoms in total. The van der Waals surface area contributed by atoms with Gasteiger partial charge < -0.3 is 21.3 Å². The van der Waals surface area contributed by atoms with Crippen LogP contribution in [0, 0.1) is 5.92 Å². The van der Waals surface area contributed by atoms with Crippen LogP contribution in [-0.4, -0.2) is 36.9 Å². The normalized spacial score (nSPS) is 14.3. The summed E-state index contributed by atoms with van der Waals surface area (Å²) >= 11 is 0. The molecule has 34 heavy (non-hydrogen) atoms. The van der Waals surface area contributed by atoms with Crippen molar-refractivity contribution < 1.29 is 9.59 Å². The Hall–Kier alpha value is -3.35. The first-order chi connectivity index (χ1) is 16.0. The average Bonchev–Trinajstić information content (AvgIpc) is 3.25. The molecule has 1 aliphatic rings. The third kappa shape index (κ3) is 6.83. The summed E-state index contributed by atoms with van der Waals surface area (Å²) < 4.78 is 0. The zero-order chi connectivity index (χ0) is 24.9. The van der Waals surface area contributed by atoms with E-state index in [1.54, 1.807) is 6.07 Å². The van der Waals surface area contributed by atoms with Gasteiger partial charge in [0.05, 0.1) is 0 Å². The van der Waals surface area contributed by atoms with Crippen molar-refractivity contribution in [2.24, 2.45) is 10.9 Å². The largest absolute Gasteiger partial charge is 0.355 e. The van der Waals surface area contributed by atoms with Gasteiger partial charge in [0.2, 0.25) is 0 Å². The van der Waals surface area contributed by atoms with Gasteiger partial charge in [0.15, 0.2) is 5.96 Å². The molecular weight excluding hydrogens is 426 g/mol. The zero-order valence-electron chi connectivity index (χ0n) is 21.1. The van der Waals surface area contributed by atoms with E-state index in [-0.39, 0.29) is 23.3 Å². The second-order valence-electron chi connectivity index (χ2n) is 10.3. The van der Waals surface area contributed by atoms with Gasteiger partial charge in [0.1, 0.15) is 0 Å². The Balaban J connectivity index is 1.82. The van der Waals surface area contributed by atoms with Crippen LogP contribution < -0.4 is 21.3 Å². The summed E-state index contributed by atoms with van der Waals surface area (Å²) in [5.74, 6) is 0.665. The van der Waals surface area contributed by atoms with Gasteiger partial charge in [-0.1, -0.05) is 40.7 Å². The van der Waals surface area contributed by atoms with Gasteiger partial charge in [-0.3, -0.25) is 9.59 Å². The molecule has 3 rings (SSSR count). The summed E-state index contributed by atoms with van der Waals surface area (Å²) in [7, 11) is 0. The minimum absolute atomic E-state index is 0.0815. The fourth-order valence-corrected chi connectivity index (χ4v) is 4.04. The summed E-state index contributed by atoms with van der Waals surface area (Å²) in [6, 6.07) is 13.2. The highest BCUT2D eigenvalue weighted by atomic mass is 16.2. The van der Waals surface area contributed by atoms with Crippen LogP contribution in [0.2, 0.25) is 0 Å². The number of rotatable bonds is 7. The monoisotopic (exact) mass is 463 g/mol. The molecule has 7 heteroatoms. The second kappa shape index (κ2) is 10.7. The highest BCUT2D eigenvalue weighted by molar-refractivity contribution is 6.03. The number of hydrogen-bond acceptors (Lipinski definition) is 3. The van der Waals surface area contributed by atoms with Gasteiger partial charge in [-0.25, -0.2) is 0 Å². The molecule has 1 aliphatic heterocycles. The van der Waals surface area contributed by atoms with E-state index in [0.29, 0.717) is 23.0 Å². The molecule has 1 fully saturated rings. The van der Waals surface area contributed by atoms with E-state index in [9.17, 15) is 9.59 Å². The molecule has 1 unspecified atom stereocenters. The number of carbonyl (C=O) groups is 2. The minimum atomic E-state index is -0.289. The lowest BCUT2D eigenvalue weighted by molar-refractivity contribution is 0.0935. The van der Waals surface area contributed by atoms with E-state index in [4.69, 9.17) is 0 Å². The van der Waals surface area contributed by atoms with E-state index in [2.05, 4.69) is 60.9 Å². The SMILES string of the molecule is CC(C)CC(C)NC(=O)c1cccc(Nc2ccc(C(=O)N=C3NCCN3)cc2C(C)(C)C)c1. The van der Waals surface area contributed by atoms with Gasteiger partial charge in [-0.05, 0) is 66.6 Å². The maximum absolute atomic E-state index is 12.7. The molecule has 182 valence electrons. The lowest BCUT2D eigenvalue weighted by Gasteiger charge is -2.24. The molecule has 0 bridgehead atoms. The van der Waals surface area contributed by atoms with Gasteiger partial charge >= 0.3 is 0 Å². The molecule has 0 aliphatic carbocycles. The standard InChI is InChI=1S/C27H37N5O2/c1-17(2)14-18(3)30-24(33)19-8-7-9-21(15-19)31-23-11-10-20(16-22(23)27(4,5)6)25(34)32-26-28-12-13-29-26/h7-11,15-18,31H,12-14H2,1-6H3,(H,30,33)(H2,28,29,32,34). The summed E-state index contributed by atoms with van der Waals surface area (Å²) in [4.78, 5) is 29.6. The zero-order valence-corrected chi connectivity index (χ0v) is 21.1. The fourth-order valence-electron chi connectivity index (χ4n) is 4.04. The quantitative estimate of drug-likeness (QED) is 0.482. The smallest absolute Gasteiger partial charge is 0.280 e. The van der Waals surface area contributed by atoms with Gasteiger partial charge in [0.25, 0.3) is 11.8 Å². The van der Waals surface area contributed by atoms with E-state index < -0.39 is 0 Å². The fraction of sp³-hybridized carbons (Fsp3) is 0.444. The van der Waals surface area contributed by atoms with Crippen molar-refractivity contribution in [1.82, 2.24) is 16.0 Å². The predicted molar refractivity (Wildman–Crippen MR) is 139 cm³/mol. The maximum atomic E-state index is 12.7. The summed E-state index contributed by atoms with van der Waals surface area (Å²) in [6.07, 6.45) is 0.932. The predicted octanol–water partition coefficient (Wildman–Crippen LogP) is 4.58. The van der Waals surface area contributed by atoms with Crippen molar-refractivity contribution in [3.63, 3.8) is 0 Å². The maximum Gasteiger partial charge on any atom is 0.280 e. The van der Waals surface area contributed by atoms with E-state index in [0.717, 1.165) is 36.4 Å². The number of amides is 2. The number of carbonyl (C=O) groups excluding carboxylic acids is 2. The van der Waals surface area contributed by atoms with Crippen molar-refractivity contribution in [2.75, 3.05) is 18.4 Å². The Kier molecular flexibility index (Phi) is 7.97. The second-order valence-corrected chi connectivity index (χ2v) is 10.3. The highest BCUT2D eigenvalue weighted by Gasteiger charge is 2.21. The molecule has 2 aromatic carbocycles. The van der Waals surface area contributed by atoms with E-state index in [1.807, 2.05) is 43.3 Å². The first-order valence-corrected chi connectivity index (χ1v) is 12.0. The Morgan fingerprint density at radius 2 is 1.71 bits per heavy atom. The van der Waals surface area contributed by atoms with Crippen molar-refractivity contribution in [2.45, 2.75) is 59.4 Å². The molecule has 4 N–H and O–H groups in total. The molecule has 1 saturated heterocycles. The number of aliphatic imine (C=N–C) groups is 1. The number of hydrogen-bond donors (Lipinski definition) is 4. The van der Waals surface area contributed by atoms with Gasteiger partial charge in [-0.2, -0.15) is 4.99 Å². The third-order valence-electron chi connectivity index (χ3n) is 5.60. The van der Waals surface area contributed by atoms with Crippen LogP contribution >= 0.6 is 0 Å². The Morgan fingerprint density at radius 3 is 2.35 bits per heavy atom. The average molecular weight is 464 g/mol. The highest BCUT2D eigenvalue weighted by Crippen LogP contribution is 2.33. The van der Waals surface area contributed by atoms with Crippen LogP contribution in [0.25, 0.3) is 0 Å². The summed E-state index contributed by atoms with van der Waals surface area (Å²) in [5, 5.41) is 12.6. The van der Waals surface area contributed by atoms with Crippen LogP contribution in [-0.2, 0) is 5.41 Å². The molecule has 0 saturated carbocycles. The number of benzene rings is 2. The number of guanidine groups is 1. The van der Waals surface area contributed by atoms with Gasteiger partial charge in [-0.15, -0.1) is 0 Å². The van der Waals surface area contributed by atoms with E-state index >= 15 is 0 Å². The lowest BCUT2D eigenvalue weighted by Crippen LogP contribution is -2.33. The molecule has 2 amide bonds. The Bertz CT molecular complexity index is 1060. The summed E-state index contributed by atoms with van der Waals surface area (Å²) in [5.41, 5.74) is 3.62. The lowest BCUT2D eigenvalue weighted by atomic mass is 9.84. The van der Waals surface area contributed by atoms with Crippen LogP contribution in [0.5, 0.6) is 0 Å². The molecule has 0 radical (unpaired) electrons. The number of nitrogens with zero attached hydrogens (tertiary/aromatic N) is 1. The third-order valence-corrected chi connectivity index (χ3v) is 5.60. The molecule has 0 aromatic heterocycles. The molecule has 2 aromatic rings. The molecule has 1 atom stereocenters. The Morgan fingerprint density at radius 1 is 1.00 bits per heavy atom. The van der Waals surface area contributed by atoms with Crippen LogP contribution in [0.1, 0.15) is 74.2 Å². The van der Waals surface area contributed by atoms with Gasteiger partial charge in [0, 0.05) is 41.6 Å². The van der Waals surface area contributed by atoms with Crippen LogP contribution in [0.4, 0.5) is 11.4 Å². The Labute approximate surface area is 202 Å². The van der Waals surface area contributed by atoms with Crippen LogP contribution in [0.15, 0.2) is 47.5 Å². The number of anilines is 2. The minimum Gasteiger partial charge on any atom is -0.355 e. The van der Waals surface area contributed by atoms with E-state index in [1.165, 1.54) is 0 Å². The number of nitrogens with one attached hydrogen (secondary N) is 4.